The first-order valence-electron chi connectivity index (χ1n) is 5.82. The molecule has 0 aromatic heterocycles. The average Bonchev–Trinajstić information content (AvgIpc) is 2.33. The predicted molar refractivity (Wildman–Crippen MR) is 64.9 cm³/mol. The Morgan fingerprint density at radius 3 is 2.69 bits per heavy atom. The number of allylic oxidation sites excluding steroid dienone is 2. The van der Waals surface area contributed by atoms with Crippen molar-refractivity contribution in [3.05, 3.63) is 47.7 Å². The zero-order valence-electron chi connectivity index (χ0n) is 9.57. The van der Waals surface area contributed by atoms with Crippen LogP contribution in [0.25, 0.3) is 0 Å². The fourth-order valence-electron chi connectivity index (χ4n) is 1.96. The van der Waals surface area contributed by atoms with E-state index < -0.39 is 0 Å². The third kappa shape index (κ3) is 2.51. The van der Waals surface area contributed by atoms with E-state index in [4.69, 9.17) is 0 Å². The molecule has 0 spiro atoms. The molecule has 1 atom stereocenters. The number of benzene rings is 1. The van der Waals surface area contributed by atoms with Gasteiger partial charge >= 0.3 is 0 Å². The maximum Gasteiger partial charge on any atom is 0.178 e. The van der Waals surface area contributed by atoms with Crippen molar-refractivity contribution in [2.45, 2.75) is 32.2 Å². The summed E-state index contributed by atoms with van der Waals surface area (Å²) in [5, 5.41) is 3.30. The van der Waals surface area contributed by atoms with Crippen LogP contribution in [-0.4, -0.2) is 5.78 Å². The second-order valence-corrected chi connectivity index (χ2v) is 4.21. The van der Waals surface area contributed by atoms with Gasteiger partial charge in [-0.15, -0.1) is 0 Å². The van der Waals surface area contributed by atoms with Crippen molar-refractivity contribution in [2.75, 3.05) is 0 Å². The predicted octanol–water partition coefficient (Wildman–Crippen LogP) is 2.97. The second-order valence-electron chi connectivity index (χ2n) is 4.21. The van der Waals surface area contributed by atoms with Crippen LogP contribution in [0.5, 0.6) is 0 Å². The number of hydrogen-bond donors (Lipinski definition) is 1. The first-order chi connectivity index (χ1) is 7.77. The van der Waals surface area contributed by atoms with E-state index in [9.17, 15) is 4.79 Å². The molecule has 16 heavy (non-hydrogen) atoms. The Morgan fingerprint density at radius 1 is 1.25 bits per heavy atom. The zero-order valence-corrected chi connectivity index (χ0v) is 9.57. The monoisotopic (exact) mass is 215 g/mol. The van der Waals surface area contributed by atoms with E-state index in [1.165, 1.54) is 5.56 Å². The maximum atomic E-state index is 11.6. The minimum Gasteiger partial charge on any atom is -0.376 e. The molecule has 0 fully saturated rings. The minimum atomic E-state index is 0.189. The molecule has 0 bridgehead atoms. The highest BCUT2D eigenvalue weighted by Gasteiger charge is 2.15. The molecule has 0 amide bonds. The van der Waals surface area contributed by atoms with Crippen molar-refractivity contribution in [3.63, 3.8) is 0 Å². The number of Topliss-reactive ketones (excluding diaryl/α,β-unsaturated/α-hetero) is 1. The number of carbonyl (C=O) groups excluding carboxylic acids is 1. The van der Waals surface area contributed by atoms with Gasteiger partial charge in [-0.1, -0.05) is 36.4 Å². The van der Waals surface area contributed by atoms with Crippen LogP contribution >= 0.6 is 0 Å². The minimum absolute atomic E-state index is 0.189. The Labute approximate surface area is 96.4 Å². The van der Waals surface area contributed by atoms with E-state index in [2.05, 4.69) is 24.4 Å². The van der Waals surface area contributed by atoms with Gasteiger partial charge in [0.2, 0.25) is 0 Å². The summed E-state index contributed by atoms with van der Waals surface area (Å²) in [6.07, 6.45) is 4.70. The molecule has 1 unspecified atom stereocenters. The summed E-state index contributed by atoms with van der Waals surface area (Å²) in [5.41, 5.74) is 2.00. The SMILES string of the molecule is CC(NC1=CCCCC1=O)c1ccccc1. The molecule has 2 heteroatoms. The van der Waals surface area contributed by atoms with Crippen LogP contribution in [0.3, 0.4) is 0 Å². The van der Waals surface area contributed by atoms with Gasteiger partial charge in [0, 0.05) is 12.5 Å². The molecule has 1 aliphatic carbocycles. The van der Waals surface area contributed by atoms with E-state index in [-0.39, 0.29) is 11.8 Å². The molecule has 2 rings (SSSR count). The quantitative estimate of drug-likeness (QED) is 0.839. The summed E-state index contributed by atoms with van der Waals surface area (Å²) >= 11 is 0. The van der Waals surface area contributed by atoms with Crippen molar-refractivity contribution in [1.82, 2.24) is 5.32 Å². The number of ketones is 1. The topological polar surface area (TPSA) is 29.1 Å². The van der Waals surface area contributed by atoms with Crippen molar-refractivity contribution in [1.29, 1.82) is 0 Å². The zero-order chi connectivity index (χ0) is 11.4. The Bertz CT molecular complexity index is 394. The normalized spacial score (nSPS) is 17.8. The van der Waals surface area contributed by atoms with Crippen LogP contribution in [0, 0.1) is 0 Å². The number of nitrogens with one attached hydrogen (secondary N) is 1. The number of rotatable bonds is 3. The molecule has 0 aliphatic heterocycles. The molecule has 0 heterocycles. The van der Waals surface area contributed by atoms with E-state index in [0.717, 1.165) is 18.5 Å². The van der Waals surface area contributed by atoms with Gasteiger partial charge in [0.1, 0.15) is 0 Å². The molecule has 1 aromatic rings. The summed E-state index contributed by atoms with van der Waals surface area (Å²) in [6, 6.07) is 10.4. The Kier molecular flexibility index (Phi) is 3.40. The standard InChI is InChI=1S/C14H17NO/c1-11(12-7-3-2-4-8-12)15-13-9-5-6-10-14(13)16/h2-4,7-9,11,15H,5-6,10H2,1H3. The molecular weight excluding hydrogens is 198 g/mol. The summed E-state index contributed by atoms with van der Waals surface area (Å²) < 4.78 is 0. The third-order valence-corrected chi connectivity index (χ3v) is 2.93. The highest BCUT2D eigenvalue weighted by molar-refractivity contribution is 5.95. The molecule has 0 radical (unpaired) electrons. The maximum absolute atomic E-state index is 11.6. The van der Waals surface area contributed by atoms with Gasteiger partial charge in [0.05, 0.1) is 5.70 Å². The van der Waals surface area contributed by atoms with Crippen molar-refractivity contribution in [3.8, 4) is 0 Å². The lowest BCUT2D eigenvalue weighted by molar-refractivity contribution is -0.116. The van der Waals surface area contributed by atoms with Crippen molar-refractivity contribution >= 4 is 5.78 Å². The number of hydrogen-bond acceptors (Lipinski definition) is 2. The molecule has 2 nitrogen and oxygen atoms in total. The summed E-state index contributed by atoms with van der Waals surface area (Å²) in [7, 11) is 0. The van der Waals surface area contributed by atoms with E-state index in [1.807, 2.05) is 24.3 Å². The molecule has 0 saturated carbocycles. The van der Waals surface area contributed by atoms with Gasteiger partial charge in [0.25, 0.3) is 0 Å². The molecule has 1 aliphatic rings. The molecule has 84 valence electrons. The summed E-state index contributed by atoms with van der Waals surface area (Å²) in [6.45, 7) is 2.08. The molecule has 0 saturated heterocycles. The Hall–Kier alpha value is -1.57. The average molecular weight is 215 g/mol. The highest BCUT2D eigenvalue weighted by atomic mass is 16.1. The highest BCUT2D eigenvalue weighted by Crippen LogP contribution is 2.17. The van der Waals surface area contributed by atoms with Gasteiger partial charge in [0.15, 0.2) is 5.78 Å². The van der Waals surface area contributed by atoms with Crippen LogP contribution in [0.15, 0.2) is 42.1 Å². The van der Waals surface area contributed by atoms with Gasteiger partial charge in [-0.3, -0.25) is 4.79 Å². The van der Waals surface area contributed by atoms with E-state index >= 15 is 0 Å². The molecule has 1 N–H and O–H groups in total. The summed E-state index contributed by atoms with van der Waals surface area (Å²) in [5.74, 6) is 0.244. The second kappa shape index (κ2) is 4.97. The lowest BCUT2D eigenvalue weighted by Crippen LogP contribution is -2.25. The van der Waals surface area contributed by atoms with Crippen molar-refractivity contribution < 1.29 is 4.79 Å². The largest absolute Gasteiger partial charge is 0.376 e. The van der Waals surface area contributed by atoms with Gasteiger partial charge in [-0.05, 0) is 25.3 Å². The Balaban J connectivity index is 2.05. The fraction of sp³-hybridized carbons (Fsp3) is 0.357. The first-order valence-corrected chi connectivity index (χ1v) is 5.82. The van der Waals surface area contributed by atoms with Crippen LogP contribution in [0.1, 0.15) is 37.8 Å². The van der Waals surface area contributed by atoms with Crippen LogP contribution < -0.4 is 5.32 Å². The van der Waals surface area contributed by atoms with E-state index in [0.29, 0.717) is 6.42 Å². The smallest absolute Gasteiger partial charge is 0.178 e. The molecule has 1 aromatic carbocycles. The fourth-order valence-corrected chi connectivity index (χ4v) is 1.96. The first kappa shape index (κ1) is 10.9. The lowest BCUT2D eigenvalue weighted by atomic mass is 10.0. The van der Waals surface area contributed by atoms with Crippen molar-refractivity contribution in [2.24, 2.45) is 0 Å². The van der Waals surface area contributed by atoms with Crippen LogP contribution in [0.2, 0.25) is 0 Å². The number of carbonyl (C=O) groups is 1. The third-order valence-electron chi connectivity index (χ3n) is 2.93. The lowest BCUT2D eigenvalue weighted by Gasteiger charge is -2.19. The van der Waals surface area contributed by atoms with Gasteiger partial charge < -0.3 is 5.32 Å². The van der Waals surface area contributed by atoms with Crippen LogP contribution in [0.4, 0.5) is 0 Å². The molecular formula is C14H17NO. The Morgan fingerprint density at radius 2 is 2.00 bits per heavy atom. The van der Waals surface area contributed by atoms with Crippen LogP contribution in [-0.2, 0) is 4.79 Å². The summed E-state index contributed by atoms with van der Waals surface area (Å²) in [4.78, 5) is 11.6. The van der Waals surface area contributed by atoms with Gasteiger partial charge in [-0.2, -0.15) is 0 Å². The van der Waals surface area contributed by atoms with Gasteiger partial charge in [-0.25, -0.2) is 0 Å². The van der Waals surface area contributed by atoms with E-state index in [1.54, 1.807) is 0 Å².